The molecule has 0 unspecified atom stereocenters. The molecule has 6 atom stereocenters. The lowest BCUT2D eigenvalue weighted by Crippen LogP contribution is -2.75. The van der Waals surface area contributed by atoms with Crippen LogP contribution in [0.4, 0.5) is 5.69 Å². The van der Waals surface area contributed by atoms with E-state index in [-0.39, 0.29) is 60.3 Å². The number of esters is 1. The molecule has 4 aromatic heterocycles. The third-order valence-electron chi connectivity index (χ3n) is 18.7. The van der Waals surface area contributed by atoms with E-state index in [1.807, 2.05) is 12.3 Å². The lowest BCUT2D eigenvalue weighted by Gasteiger charge is -2.55. The Labute approximate surface area is 467 Å². The van der Waals surface area contributed by atoms with E-state index < -0.39 is 23.0 Å². The number of hydrogen-bond acceptors (Lipinski definition) is 16. The lowest BCUT2D eigenvalue weighted by molar-refractivity contribution is -0.180. The van der Waals surface area contributed by atoms with Crippen LogP contribution in [-0.4, -0.2) is 160 Å². The van der Waals surface area contributed by atoms with Crippen LogP contribution in [0.3, 0.4) is 0 Å². The molecule has 1 spiro atoms. The predicted octanol–water partition coefficient (Wildman–Crippen LogP) is 7.10. The van der Waals surface area contributed by atoms with Crippen LogP contribution in [0.1, 0.15) is 119 Å². The number of ether oxygens (including phenoxy) is 4. The molecule has 10 heterocycles. The van der Waals surface area contributed by atoms with Crippen molar-refractivity contribution in [3.05, 3.63) is 76.4 Å². The summed E-state index contributed by atoms with van der Waals surface area (Å²) in [6.07, 6.45) is 13.0. The van der Waals surface area contributed by atoms with Crippen LogP contribution in [-0.2, 0) is 46.3 Å². The van der Waals surface area contributed by atoms with Gasteiger partial charge < -0.3 is 33.7 Å². The van der Waals surface area contributed by atoms with Crippen molar-refractivity contribution < 1.29 is 33.3 Å². The van der Waals surface area contributed by atoms with Crippen LogP contribution in [0, 0.1) is 23.2 Å². The van der Waals surface area contributed by atoms with E-state index in [2.05, 4.69) is 97.3 Å². The molecule has 6 aliphatic heterocycles. The second kappa shape index (κ2) is 21.5. The summed E-state index contributed by atoms with van der Waals surface area (Å²) in [5.74, 6) is -1.15. The second-order valence-corrected chi connectivity index (χ2v) is 25.7. The zero-order valence-electron chi connectivity index (χ0n) is 46.5. The molecule has 1 aromatic carbocycles. The maximum Gasteiger partial charge on any atom is 0.328 e. The summed E-state index contributed by atoms with van der Waals surface area (Å²) in [6, 6.07) is 10.1. The number of amides is 2. The zero-order valence-corrected chi connectivity index (χ0v) is 47.3. The molecule has 19 heteroatoms. The van der Waals surface area contributed by atoms with Crippen molar-refractivity contribution in [3.8, 4) is 22.5 Å². The maximum absolute atomic E-state index is 15.5. The molecular formula is C60H77N11O7S. The number of cyclic esters (lactones) is 1. The number of carbonyl (C=O) groups excluding carboxylic acids is 3. The van der Waals surface area contributed by atoms with E-state index in [1.165, 1.54) is 30.5 Å². The van der Waals surface area contributed by atoms with Crippen LogP contribution >= 0.6 is 11.3 Å². The van der Waals surface area contributed by atoms with Crippen molar-refractivity contribution in [1.82, 2.24) is 50.1 Å². The van der Waals surface area contributed by atoms with E-state index in [9.17, 15) is 9.59 Å². The number of piperazine rings is 1. The number of likely N-dealkylation sites (tertiary alicyclic amines) is 1. The first kappa shape index (κ1) is 52.9. The Hall–Kier alpha value is -5.41. The molecule has 5 saturated heterocycles. The van der Waals surface area contributed by atoms with Gasteiger partial charge >= 0.3 is 5.97 Å². The Balaban J connectivity index is 0.945. The Morgan fingerprint density at radius 1 is 0.987 bits per heavy atom. The average Bonchev–Trinajstić information content (AvgIpc) is 4.41. The van der Waals surface area contributed by atoms with E-state index in [1.54, 1.807) is 18.3 Å². The van der Waals surface area contributed by atoms with Crippen LogP contribution in [0.25, 0.3) is 33.4 Å². The first-order valence-corrected chi connectivity index (χ1v) is 30.1. The Kier molecular flexibility index (Phi) is 14.4. The summed E-state index contributed by atoms with van der Waals surface area (Å²) >= 11 is 1.53. The maximum atomic E-state index is 15.5. The van der Waals surface area contributed by atoms with Gasteiger partial charge in [-0.25, -0.2) is 25.2 Å². The minimum atomic E-state index is -1.07. The molecule has 2 amide bonds. The molecule has 14 rings (SSSR count). The molecular weight excluding hydrogens is 1020 g/mol. The number of hydrazine groups is 1. The molecule has 7 bridgehead atoms. The van der Waals surface area contributed by atoms with Gasteiger partial charge in [0.15, 0.2) is 0 Å². The van der Waals surface area contributed by atoms with Crippen LogP contribution in [0.2, 0.25) is 0 Å². The number of benzene rings is 1. The molecule has 8 fully saturated rings. The number of pyridine rings is 1. The molecule has 2 N–H and O–H groups in total. The van der Waals surface area contributed by atoms with E-state index in [4.69, 9.17) is 28.9 Å². The van der Waals surface area contributed by atoms with Crippen molar-refractivity contribution in [1.29, 1.82) is 0 Å². The molecule has 18 nitrogen and oxygen atoms in total. The molecule has 79 heavy (non-hydrogen) atoms. The van der Waals surface area contributed by atoms with Crippen LogP contribution in [0.15, 0.2) is 54.4 Å². The number of anilines is 1. The molecule has 420 valence electrons. The van der Waals surface area contributed by atoms with Gasteiger partial charge in [-0.3, -0.25) is 29.4 Å². The summed E-state index contributed by atoms with van der Waals surface area (Å²) in [6.45, 7) is 17.0. The first-order valence-electron chi connectivity index (χ1n) is 29.2. The predicted molar refractivity (Wildman–Crippen MR) is 300 cm³/mol. The average molecular weight is 1100 g/mol. The Bertz CT molecular complexity index is 3060. The van der Waals surface area contributed by atoms with Gasteiger partial charge in [-0.05, 0) is 119 Å². The minimum Gasteiger partial charge on any atom is -0.464 e. The highest BCUT2D eigenvalue weighted by atomic mass is 32.1. The second-order valence-electron chi connectivity index (χ2n) is 24.8. The van der Waals surface area contributed by atoms with Crippen molar-refractivity contribution in [2.75, 3.05) is 84.3 Å². The summed E-state index contributed by atoms with van der Waals surface area (Å²) in [5, 5.41) is 8.90. The SMILES string of the molecule is CO[C@@H](C)c1ncc(N2CCN(C3CC3)CC2)cc1-c1c2c3cc(ccc3n1CCOC1CCOCC1)-c1csc(n1)[C@@H](N1CCCC1)[C@H](NC(=O)[C@@H]1[C@@H](C)[C@H]1c1ccncn1)C(=O)N1CC3CC(C3)(N1)C(=O)OCC(C)(C)C2. The highest BCUT2D eigenvalue weighted by Crippen LogP contribution is 2.54. The van der Waals surface area contributed by atoms with Crippen LogP contribution in [0.5, 0.6) is 0 Å². The molecule has 0 radical (unpaired) electrons. The third kappa shape index (κ3) is 10.3. The summed E-state index contributed by atoms with van der Waals surface area (Å²) in [4.78, 5) is 71.9. The van der Waals surface area contributed by atoms with Gasteiger partial charge in [0.05, 0.1) is 60.4 Å². The van der Waals surface area contributed by atoms with Gasteiger partial charge in [-0.15, -0.1) is 11.3 Å². The number of nitrogens with one attached hydrogen (secondary N) is 2. The largest absolute Gasteiger partial charge is 0.464 e. The number of thiazole rings is 1. The number of fused-ring (bicyclic) bond motifs is 4. The lowest BCUT2D eigenvalue weighted by atomic mass is 9.66. The van der Waals surface area contributed by atoms with Gasteiger partial charge in [0, 0.05) is 122 Å². The number of aromatic nitrogens is 5. The number of hydrogen-bond donors (Lipinski definition) is 2. The number of carbonyl (C=O) groups is 3. The van der Waals surface area contributed by atoms with Crippen molar-refractivity contribution >= 4 is 45.7 Å². The normalized spacial score (nSPS) is 29.0. The van der Waals surface area contributed by atoms with Gasteiger partial charge in [0.2, 0.25) is 5.91 Å². The standard InChI is InChI=1S/C60H77N11O7S/c1-36-49(46-12-15-61-35-63-46)50(36)55(72)65-52-54(69-16-6-7-17-69)56-64-47(33-79-56)39-8-11-48-43(26-39)45(30-59(3,4)34-78-58(74)60-28-38(29-60)32-71(66-60)57(52)73)53(70(48)22-25-77-42-13-23-76-24-14-42)44-27-41(31-62-51(44)37(2)75-5)68-20-18-67(19-21-68)40-9-10-40/h8,11-12,15,26-27,31,33,35-38,40,42,49-50,52,54,66H,6-7,9-10,13-14,16-25,28-30,32,34H2,1-5H3,(H,65,72)/t36-,37-,38?,49-,50+,52-,54-,60?/m0/s1. The van der Waals surface area contributed by atoms with Gasteiger partial charge in [-0.2, -0.15) is 0 Å². The fraction of sp³-hybridized carbons (Fsp3) is 0.617. The fourth-order valence-electron chi connectivity index (χ4n) is 14.1. The highest BCUT2D eigenvalue weighted by Gasteiger charge is 2.59. The summed E-state index contributed by atoms with van der Waals surface area (Å²) in [7, 11) is 1.75. The quantitative estimate of drug-likeness (QED) is 0.114. The summed E-state index contributed by atoms with van der Waals surface area (Å²) < 4.78 is 27.5. The number of methoxy groups -OCH3 is 1. The van der Waals surface area contributed by atoms with Gasteiger partial charge in [-0.1, -0.05) is 26.8 Å². The smallest absolute Gasteiger partial charge is 0.328 e. The van der Waals surface area contributed by atoms with Crippen molar-refractivity contribution in [2.24, 2.45) is 23.2 Å². The first-order chi connectivity index (χ1) is 38.3. The topological polar surface area (TPSA) is 182 Å². The summed E-state index contributed by atoms with van der Waals surface area (Å²) in [5.41, 5.74) is 10.6. The monoisotopic (exact) mass is 1100 g/mol. The zero-order chi connectivity index (χ0) is 54.2. The van der Waals surface area contributed by atoms with Crippen molar-refractivity contribution in [3.63, 3.8) is 0 Å². The fourth-order valence-corrected chi connectivity index (χ4v) is 15.1. The van der Waals surface area contributed by atoms with E-state index in [0.29, 0.717) is 52.2 Å². The van der Waals surface area contributed by atoms with Crippen molar-refractivity contribution in [2.45, 2.75) is 134 Å². The van der Waals surface area contributed by atoms with E-state index in [0.717, 1.165) is 132 Å². The van der Waals surface area contributed by atoms with E-state index >= 15 is 4.79 Å². The molecule has 5 aromatic rings. The minimum absolute atomic E-state index is 0.0293. The Morgan fingerprint density at radius 3 is 2.53 bits per heavy atom. The van der Waals surface area contributed by atoms with Crippen LogP contribution < -0.4 is 15.6 Å². The Morgan fingerprint density at radius 2 is 1.78 bits per heavy atom. The molecule has 9 aliphatic rings. The number of rotatable bonds is 13. The highest BCUT2D eigenvalue weighted by molar-refractivity contribution is 7.10. The third-order valence-corrected chi connectivity index (χ3v) is 19.6. The molecule has 3 aliphatic carbocycles. The number of nitrogens with zero attached hydrogens (tertiary/aromatic N) is 9. The van der Waals surface area contributed by atoms with Gasteiger partial charge in [0.25, 0.3) is 5.91 Å². The van der Waals surface area contributed by atoms with Gasteiger partial charge in [0.1, 0.15) is 22.9 Å². The molecule has 3 saturated carbocycles.